The molecule has 1 atom stereocenters. The van der Waals surface area contributed by atoms with Crippen molar-refractivity contribution in [3.05, 3.63) is 69.7 Å². The van der Waals surface area contributed by atoms with Gasteiger partial charge in [0.2, 0.25) is 0 Å². The molecular weight excluding hydrogens is 356 g/mol. The molecule has 1 N–H and O–H groups in total. The molecule has 7 heteroatoms. The standard InChI is InChI=1S/C18H15ClN4OS/c1-2-25-18-21-17(24)15-13-8-3-4-9-14(13)20-16(23(15)22-18)11-6-5-7-12(19)10-11/h3-10,16H,2H2,1H3,(H,21,22,24)/t16-/m0/s1. The number of rotatable bonds is 2. The fourth-order valence-corrected chi connectivity index (χ4v) is 3.70. The molecular formula is C18H15ClN4OS. The van der Waals surface area contributed by atoms with E-state index in [-0.39, 0.29) is 5.91 Å². The Morgan fingerprint density at radius 1 is 1.24 bits per heavy atom. The maximum atomic E-state index is 12.8. The monoisotopic (exact) mass is 370 g/mol. The first-order valence-electron chi connectivity index (χ1n) is 7.92. The van der Waals surface area contributed by atoms with Gasteiger partial charge in [-0.2, -0.15) is 0 Å². The topological polar surface area (TPSA) is 57.1 Å². The lowest BCUT2D eigenvalue weighted by molar-refractivity contribution is -0.116. The number of halogens is 1. The SMILES string of the molecule is CCSC1=NN2C(=c3ccccc3=N[C@@H]2c2cccc(Cl)c2)C(=O)N1. The molecule has 5 nitrogen and oxygen atoms in total. The molecule has 0 unspecified atom stereocenters. The van der Waals surface area contributed by atoms with E-state index in [0.29, 0.717) is 15.9 Å². The van der Waals surface area contributed by atoms with Crippen molar-refractivity contribution in [3.8, 4) is 0 Å². The van der Waals surface area contributed by atoms with Gasteiger partial charge in [0.25, 0.3) is 5.91 Å². The molecule has 1 amide bonds. The first-order valence-corrected chi connectivity index (χ1v) is 9.28. The third-order valence-corrected chi connectivity index (χ3v) is 4.92. The van der Waals surface area contributed by atoms with Gasteiger partial charge in [-0.1, -0.05) is 60.6 Å². The van der Waals surface area contributed by atoms with E-state index in [1.54, 1.807) is 5.01 Å². The highest BCUT2D eigenvalue weighted by Crippen LogP contribution is 2.31. The number of para-hydroxylation sites is 1. The van der Waals surface area contributed by atoms with Gasteiger partial charge in [0.05, 0.1) is 5.36 Å². The van der Waals surface area contributed by atoms with Crippen LogP contribution in [0.3, 0.4) is 0 Å². The van der Waals surface area contributed by atoms with Gasteiger partial charge in [-0.05, 0) is 29.5 Å². The van der Waals surface area contributed by atoms with Crippen LogP contribution in [0.2, 0.25) is 5.02 Å². The van der Waals surface area contributed by atoms with Crippen molar-refractivity contribution >= 4 is 40.1 Å². The summed E-state index contributed by atoms with van der Waals surface area (Å²) in [6.45, 7) is 2.02. The summed E-state index contributed by atoms with van der Waals surface area (Å²) < 4.78 is 0. The van der Waals surface area contributed by atoms with E-state index in [4.69, 9.17) is 16.6 Å². The molecule has 0 aliphatic carbocycles. The van der Waals surface area contributed by atoms with E-state index in [1.165, 1.54) is 11.8 Å². The molecule has 2 aliphatic rings. The van der Waals surface area contributed by atoms with Crippen LogP contribution in [0, 0.1) is 0 Å². The Balaban J connectivity index is 1.96. The number of carbonyl (C=O) groups excluding carboxylic acids is 1. The number of fused-ring (bicyclic) bond motifs is 2. The average Bonchev–Trinajstić information content (AvgIpc) is 2.61. The molecule has 0 spiro atoms. The number of hydrogen-bond acceptors (Lipinski definition) is 5. The van der Waals surface area contributed by atoms with Crippen LogP contribution in [0.1, 0.15) is 18.7 Å². The van der Waals surface area contributed by atoms with Crippen molar-refractivity contribution in [3.63, 3.8) is 0 Å². The van der Waals surface area contributed by atoms with Crippen LogP contribution in [-0.2, 0) is 4.79 Å². The van der Waals surface area contributed by atoms with Crippen LogP contribution >= 0.6 is 23.4 Å². The predicted molar refractivity (Wildman–Crippen MR) is 100 cm³/mol. The van der Waals surface area contributed by atoms with Gasteiger partial charge in [-0.3, -0.25) is 15.1 Å². The number of nitrogens with one attached hydrogen (secondary N) is 1. The first kappa shape index (κ1) is 16.2. The molecule has 2 aromatic carbocycles. The minimum Gasteiger partial charge on any atom is -0.298 e. The molecule has 4 rings (SSSR count). The highest BCUT2D eigenvalue weighted by molar-refractivity contribution is 8.13. The molecule has 0 saturated carbocycles. The van der Waals surface area contributed by atoms with Crippen LogP contribution in [-0.4, -0.2) is 21.8 Å². The van der Waals surface area contributed by atoms with E-state index < -0.39 is 6.17 Å². The van der Waals surface area contributed by atoms with Crippen molar-refractivity contribution < 1.29 is 4.79 Å². The number of nitrogens with zero attached hydrogens (tertiary/aromatic N) is 3. The summed E-state index contributed by atoms with van der Waals surface area (Å²) in [7, 11) is 0. The third-order valence-electron chi connectivity index (χ3n) is 3.94. The number of benzene rings is 2. The zero-order chi connectivity index (χ0) is 17.4. The normalized spacial score (nSPS) is 18.7. The van der Waals surface area contributed by atoms with Crippen LogP contribution in [0.4, 0.5) is 0 Å². The zero-order valence-corrected chi connectivity index (χ0v) is 15.0. The Labute approximate surface area is 154 Å². The second-order valence-electron chi connectivity index (χ2n) is 5.56. The maximum absolute atomic E-state index is 12.8. The number of hydrogen-bond donors (Lipinski definition) is 1. The Hall–Kier alpha value is -2.31. The Kier molecular flexibility index (Phi) is 4.23. The van der Waals surface area contributed by atoms with E-state index in [9.17, 15) is 4.79 Å². The van der Waals surface area contributed by atoms with Crippen molar-refractivity contribution in [1.82, 2.24) is 10.3 Å². The number of amides is 1. The summed E-state index contributed by atoms with van der Waals surface area (Å²) in [5.41, 5.74) is 1.40. The molecule has 0 bridgehead atoms. The van der Waals surface area contributed by atoms with Crippen molar-refractivity contribution in [2.75, 3.05) is 5.75 Å². The van der Waals surface area contributed by atoms with E-state index >= 15 is 0 Å². The fraction of sp³-hybridized carbons (Fsp3) is 0.167. The van der Waals surface area contributed by atoms with Gasteiger partial charge in [-0.15, -0.1) is 5.10 Å². The molecule has 0 radical (unpaired) electrons. The van der Waals surface area contributed by atoms with E-state index in [1.807, 2.05) is 55.5 Å². The van der Waals surface area contributed by atoms with Crippen molar-refractivity contribution in [1.29, 1.82) is 0 Å². The van der Waals surface area contributed by atoms with Crippen LogP contribution < -0.4 is 15.9 Å². The first-order chi connectivity index (χ1) is 12.2. The van der Waals surface area contributed by atoms with Gasteiger partial charge in [0.1, 0.15) is 5.70 Å². The van der Waals surface area contributed by atoms with Gasteiger partial charge in [0.15, 0.2) is 11.3 Å². The molecule has 126 valence electrons. The van der Waals surface area contributed by atoms with Crippen molar-refractivity contribution in [2.45, 2.75) is 13.1 Å². The van der Waals surface area contributed by atoms with Gasteiger partial charge >= 0.3 is 0 Å². The molecule has 2 aromatic rings. The average molecular weight is 371 g/mol. The fourth-order valence-electron chi connectivity index (χ4n) is 2.91. The third kappa shape index (κ3) is 2.92. The van der Waals surface area contributed by atoms with Gasteiger partial charge in [0, 0.05) is 10.2 Å². The molecule has 25 heavy (non-hydrogen) atoms. The summed E-state index contributed by atoms with van der Waals surface area (Å²) in [5.74, 6) is 0.651. The predicted octanol–water partition coefficient (Wildman–Crippen LogP) is 2.24. The zero-order valence-electron chi connectivity index (χ0n) is 13.4. The number of carbonyl (C=O) groups is 1. The Morgan fingerprint density at radius 2 is 2.08 bits per heavy atom. The largest absolute Gasteiger partial charge is 0.298 e. The lowest BCUT2D eigenvalue weighted by Crippen LogP contribution is -2.50. The molecule has 2 heterocycles. The summed E-state index contributed by atoms with van der Waals surface area (Å²) in [6.07, 6.45) is -0.429. The lowest BCUT2D eigenvalue weighted by atomic mass is 10.1. The Bertz CT molecular complexity index is 1000. The highest BCUT2D eigenvalue weighted by Gasteiger charge is 2.34. The second-order valence-corrected chi connectivity index (χ2v) is 7.25. The smallest absolute Gasteiger partial charge is 0.276 e. The summed E-state index contributed by atoms with van der Waals surface area (Å²) in [5, 5.41) is 12.0. The molecule has 0 fully saturated rings. The number of thioether (sulfide) groups is 1. The minimum atomic E-state index is -0.429. The summed E-state index contributed by atoms with van der Waals surface area (Å²) >= 11 is 7.65. The number of amidine groups is 1. The van der Waals surface area contributed by atoms with Gasteiger partial charge < -0.3 is 0 Å². The van der Waals surface area contributed by atoms with Crippen LogP contribution in [0.5, 0.6) is 0 Å². The summed E-state index contributed by atoms with van der Waals surface area (Å²) in [4.78, 5) is 17.6. The van der Waals surface area contributed by atoms with E-state index in [0.717, 1.165) is 21.9 Å². The molecule has 0 saturated heterocycles. The number of hydrazone groups is 1. The molecule has 2 aliphatic heterocycles. The maximum Gasteiger partial charge on any atom is 0.276 e. The second kappa shape index (κ2) is 6.54. The molecule has 0 aromatic heterocycles. The van der Waals surface area contributed by atoms with Crippen molar-refractivity contribution in [2.24, 2.45) is 10.1 Å². The van der Waals surface area contributed by atoms with Gasteiger partial charge in [-0.25, -0.2) is 5.01 Å². The lowest BCUT2D eigenvalue weighted by Gasteiger charge is -2.34. The minimum absolute atomic E-state index is 0.166. The summed E-state index contributed by atoms with van der Waals surface area (Å²) in [6, 6.07) is 15.1. The Morgan fingerprint density at radius 3 is 2.88 bits per heavy atom. The van der Waals surface area contributed by atoms with E-state index in [2.05, 4.69) is 10.4 Å². The van der Waals surface area contributed by atoms with Crippen LogP contribution in [0.25, 0.3) is 5.70 Å². The highest BCUT2D eigenvalue weighted by atomic mass is 35.5. The van der Waals surface area contributed by atoms with Crippen LogP contribution in [0.15, 0.2) is 58.6 Å². The quantitative estimate of drug-likeness (QED) is 0.882.